The second-order valence-corrected chi connectivity index (χ2v) is 6.47. The lowest BCUT2D eigenvalue weighted by Gasteiger charge is -2.19. The number of carbonyl (C=O) groups excluding carboxylic acids is 1. The molecule has 2 aliphatic heterocycles. The first-order chi connectivity index (χ1) is 12.5. The minimum Gasteiger partial charge on any atom is -0.507 e. The lowest BCUT2D eigenvalue weighted by molar-refractivity contribution is 0.267. The Bertz CT molecular complexity index is 914. The Hall–Kier alpha value is -3.04. The number of thioether (sulfide) groups is 1. The number of aliphatic hydroxyl groups is 1. The van der Waals surface area contributed by atoms with Crippen LogP contribution in [0.25, 0.3) is 5.76 Å². The predicted octanol–water partition coefficient (Wildman–Crippen LogP) is 4.10. The van der Waals surface area contributed by atoms with E-state index in [0.717, 1.165) is 11.8 Å². The van der Waals surface area contributed by atoms with E-state index >= 15 is 0 Å². The maximum absolute atomic E-state index is 11.6. The normalized spacial score (nSPS) is 18.1. The Kier molecular flexibility index (Phi) is 5.40. The van der Waals surface area contributed by atoms with Crippen LogP contribution in [-0.2, 0) is 0 Å². The molecule has 7 nitrogen and oxygen atoms in total. The molecule has 0 bridgehead atoms. The van der Waals surface area contributed by atoms with E-state index in [0.29, 0.717) is 21.9 Å². The smallest absolute Gasteiger partial charge is 0.311 e. The van der Waals surface area contributed by atoms with Gasteiger partial charge in [0.1, 0.15) is 5.76 Å². The molecule has 0 saturated carbocycles. The van der Waals surface area contributed by atoms with Crippen LogP contribution >= 0.6 is 24.0 Å². The van der Waals surface area contributed by atoms with E-state index in [2.05, 4.69) is 27.4 Å². The van der Waals surface area contributed by atoms with Gasteiger partial charge in [0.25, 0.3) is 0 Å². The molecular weight excluding hydrogens is 370 g/mol. The molecule has 1 aromatic carbocycles. The SMILES string of the molecule is NC(=S)N=N/C=C1/SC(=O)N=C1N1C=CC(=C(O)c2ccccc2)C=C1. The highest BCUT2D eigenvalue weighted by molar-refractivity contribution is 8.18. The number of allylic oxidation sites excluding steroid dienone is 3. The summed E-state index contributed by atoms with van der Waals surface area (Å²) in [6, 6.07) is 9.22. The molecule has 0 aliphatic carbocycles. The van der Waals surface area contributed by atoms with E-state index in [-0.39, 0.29) is 16.1 Å². The van der Waals surface area contributed by atoms with Crippen LogP contribution in [0.1, 0.15) is 5.56 Å². The van der Waals surface area contributed by atoms with Crippen molar-refractivity contribution in [2.45, 2.75) is 0 Å². The monoisotopic (exact) mass is 383 g/mol. The van der Waals surface area contributed by atoms with Crippen LogP contribution < -0.4 is 5.73 Å². The van der Waals surface area contributed by atoms with Gasteiger partial charge in [0.15, 0.2) is 5.84 Å². The quantitative estimate of drug-likeness (QED) is 0.453. The number of amidine groups is 1. The standard InChI is InChI=1S/C17H13N5O2S2/c18-16(25)21-19-10-13-15(20-17(24)26-13)22-8-6-12(7-9-22)14(23)11-4-2-1-3-5-11/h1-10,23H,(H2,18,25)/b13-10+,21-19?. The number of thiocarbonyl (C=S) groups is 1. The van der Waals surface area contributed by atoms with Crippen molar-refractivity contribution in [1.82, 2.24) is 4.90 Å². The van der Waals surface area contributed by atoms with Gasteiger partial charge in [-0.05, 0) is 36.1 Å². The molecule has 0 spiro atoms. The molecule has 26 heavy (non-hydrogen) atoms. The van der Waals surface area contributed by atoms with Gasteiger partial charge in [0.05, 0.1) is 11.1 Å². The zero-order valence-electron chi connectivity index (χ0n) is 13.3. The molecule has 130 valence electrons. The lowest BCUT2D eigenvalue weighted by atomic mass is 10.1. The third kappa shape index (κ3) is 4.13. The highest BCUT2D eigenvalue weighted by atomic mass is 32.2. The van der Waals surface area contributed by atoms with Crippen molar-refractivity contribution in [2.75, 3.05) is 0 Å². The molecule has 3 N–H and O–H groups in total. The number of hydrogen-bond donors (Lipinski definition) is 2. The van der Waals surface area contributed by atoms with Crippen molar-refractivity contribution < 1.29 is 9.90 Å². The molecule has 9 heteroatoms. The van der Waals surface area contributed by atoms with Crippen LogP contribution in [0, 0.1) is 0 Å². The fraction of sp³-hybridized carbons (Fsp3) is 0. The van der Waals surface area contributed by atoms with Gasteiger partial charge in [-0.2, -0.15) is 10.1 Å². The van der Waals surface area contributed by atoms with Gasteiger partial charge in [0.2, 0.25) is 5.11 Å². The summed E-state index contributed by atoms with van der Waals surface area (Å²) in [6.45, 7) is 0. The molecule has 0 saturated heterocycles. The summed E-state index contributed by atoms with van der Waals surface area (Å²) in [5, 5.41) is 17.2. The average molecular weight is 383 g/mol. The van der Waals surface area contributed by atoms with E-state index in [9.17, 15) is 9.90 Å². The van der Waals surface area contributed by atoms with Crippen LogP contribution in [0.3, 0.4) is 0 Å². The molecule has 1 amide bonds. The number of hydrogen-bond acceptors (Lipinski definition) is 6. The first-order valence-corrected chi connectivity index (χ1v) is 8.62. The van der Waals surface area contributed by atoms with E-state index in [1.807, 2.05) is 30.3 Å². The predicted molar refractivity (Wildman–Crippen MR) is 106 cm³/mol. The number of azo groups is 1. The number of rotatable bonds is 2. The van der Waals surface area contributed by atoms with E-state index in [4.69, 9.17) is 5.73 Å². The fourth-order valence-corrected chi connectivity index (χ4v) is 2.91. The highest BCUT2D eigenvalue weighted by Crippen LogP contribution is 2.31. The van der Waals surface area contributed by atoms with Gasteiger partial charge in [-0.15, -0.1) is 5.11 Å². The van der Waals surface area contributed by atoms with Crippen LogP contribution in [0.5, 0.6) is 0 Å². The minimum atomic E-state index is -0.355. The Morgan fingerprint density at radius 3 is 2.62 bits per heavy atom. The summed E-state index contributed by atoms with van der Waals surface area (Å²) in [5.74, 6) is 0.574. The van der Waals surface area contributed by atoms with Crippen molar-refractivity contribution in [3.63, 3.8) is 0 Å². The maximum atomic E-state index is 11.6. The van der Waals surface area contributed by atoms with Gasteiger partial charge in [0, 0.05) is 23.5 Å². The number of amides is 1. The zero-order chi connectivity index (χ0) is 18.5. The summed E-state index contributed by atoms with van der Waals surface area (Å²) in [6.07, 6.45) is 8.23. The summed E-state index contributed by atoms with van der Waals surface area (Å²) >= 11 is 5.55. The fourth-order valence-electron chi connectivity index (χ4n) is 2.20. The molecule has 2 heterocycles. The van der Waals surface area contributed by atoms with Gasteiger partial charge >= 0.3 is 5.24 Å². The molecule has 0 radical (unpaired) electrons. The number of aliphatic imine (C=N–C) groups is 1. The van der Waals surface area contributed by atoms with Gasteiger partial charge in [-0.3, -0.25) is 4.79 Å². The van der Waals surface area contributed by atoms with Crippen molar-refractivity contribution in [3.8, 4) is 0 Å². The highest BCUT2D eigenvalue weighted by Gasteiger charge is 2.25. The summed E-state index contributed by atoms with van der Waals surface area (Å²) in [7, 11) is 0. The van der Waals surface area contributed by atoms with Gasteiger partial charge in [-0.1, -0.05) is 30.3 Å². The lowest BCUT2D eigenvalue weighted by Crippen LogP contribution is -2.20. The summed E-state index contributed by atoms with van der Waals surface area (Å²) < 4.78 is 0. The summed E-state index contributed by atoms with van der Waals surface area (Å²) in [4.78, 5) is 17.8. The Morgan fingerprint density at radius 2 is 1.96 bits per heavy atom. The molecule has 0 unspecified atom stereocenters. The van der Waals surface area contributed by atoms with Crippen LogP contribution in [0.15, 0.2) is 86.8 Å². The summed E-state index contributed by atoms with van der Waals surface area (Å²) in [5.41, 5.74) is 6.61. The third-order valence-electron chi connectivity index (χ3n) is 3.34. The molecule has 0 fully saturated rings. The Morgan fingerprint density at radius 1 is 1.27 bits per heavy atom. The van der Waals surface area contributed by atoms with Gasteiger partial charge in [-0.25, -0.2) is 0 Å². The first kappa shape index (κ1) is 17.8. The zero-order valence-corrected chi connectivity index (χ0v) is 14.9. The maximum Gasteiger partial charge on any atom is 0.311 e. The first-order valence-electron chi connectivity index (χ1n) is 7.39. The molecular formula is C17H13N5O2S2. The van der Waals surface area contributed by atoms with Crippen molar-refractivity contribution >= 4 is 45.9 Å². The van der Waals surface area contributed by atoms with Crippen molar-refractivity contribution in [2.24, 2.45) is 21.0 Å². The number of nitrogens with two attached hydrogens (primary N) is 1. The Labute approximate surface area is 159 Å². The number of benzene rings is 1. The minimum absolute atomic E-state index is 0.0985. The molecule has 2 aliphatic rings. The molecule has 3 rings (SSSR count). The largest absolute Gasteiger partial charge is 0.507 e. The second-order valence-electron chi connectivity index (χ2n) is 5.06. The van der Waals surface area contributed by atoms with Gasteiger partial charge < -0.3 is 15.7 Å². The van der Waals surface area contributed by atoms with E-state index < -0.39 is 0 Å². The van der Waals surface area contributed by atoms with Crippen molar-refractivity contribution in [3.05, 3.63) is 77.1 Å². The second kappa shape index (κ2) is 7.89. The van der Waals surface area contributed by atoms with Crippen LogP contribution in [0.2, 0.25) is 0 Å². The number of carbonyl (C=O) groups is 1. The van der Waals surface area contributed by atoms with Crippen molar-refractivity contribution in [1.29, 1.82) is 0 Å². The molecule has 0 aromatic heterocycles. The topological polar surface area (TPSA) is 104 Å². The number of aliphatic hydroxyl groups excluding tert-OH is 1. The van der Waals surface area contributed by atoms with E-state index in [1.165, 1.54) is 6.20 Å². The number of nitrogens with zero attached hydrogens (tertiary/aromatic N) is 4. The third-order valence-corrected chi connectivity index (χ3v) is 4.20. The Balaban J connectivity index is 1.82. The van der Waals surface area contributed by atoms with Crippen LogP contribution in [-0.4, -0.2) is 26.2 Å². The molecule has 1 aromatic rings. The van der Waals surface area contributed by atoms with E-state index in [1.54, 1.807) is 29.5 Å². The van der Waals surface area contributed by atoms with Crippen LogP contribution in [0.4, 0.5) is 4.79 Å². The molecule has 0 atom stereocenters. The average Bonchev–Trinajstić information content (AvgIpc) is 3.02.